The second-order valence-corrected chi connectivity index (χ2v) is 6.50. The molecule has 1 fully saturated rings. The normalized spacial score (nSPS) is 17.3. The van der Waals surface area contributed by atoms with E-state index >= 15 is 0 Å². The van der Waals surface area contributed by atoms with Crippen molar-refractivity contribution in [2.75, 3.05) is 13.2 Å². The molecule has 20 heavy (non-hydrogen) atoms. The molecule has 0 bridgehead atoms. The van der Waals surface area contributed by atoms with E-state index in [2.05, 4.69) is 47.2 Å². The van der Waals surface area contributed by atoms with Crippen molar-refractivity contribution in [2.24, 2.45) is 5.41 Å². The Morgan fingerprint density at radius 1 is 1.50 bits per heavy atom. The van der Waals surface area contributed by atoms with Crippen LogP contribution in [0, 0.1) is 16.7 Å². The van der Waals surface area contributed by atoms with Gasteiger partial charge in [-0.05, 0) is 44.5 Å². The highest BCUT2D eigenvalue weighted by atomic mass is 79.9. The molecule has 1 aliphatic carbocycles. The summed E-state index contributed by atoms with van der Waals surface area (Å²) in [7, 11) is 0. The predicted octanol–water partition coefficient (Wildman–Crippen LogP) is 4.19. The topological polar surface area (TPSA) is 45.0 Å². The highest BCUT2D eigenvalue weighted by Crippen LogP contribution is 2.49. The van der Waals surface area contributed by atoms with E-state index in [-0.39, 0.29) is 11.5 Å². The van der Waals surface area contributed by atoms with Gasteiger partial charge in [0.2, 0.25) is 0 Å². The highest BCUT2D eigenvalue weighted by molar-refractivity contribution is 9.10. The Morgan fingerprint density at radius 2 is 2.25 bits per heavy atom. The Balaban J connectivity index is 2.09. The molecule has 0 heterocycles. The molecule has 0 spiro atoms. The number of nitrogens with zero attached hydrogens (tertiary/aromatic N) is 1. The van der Waals surface area contributed by atoms with Crippen LogP contribution in [0.3, 0.4) is 0 Å². The van der Waals surface area contributed by atoms with E-state index in [0.29, 0.717) is 13.0 Å². The molecule has 4 heteroatoms. The van der Waals surface area contributed by atoms with E-state index in [1.165, 1.54) is 0 Å². The molecule has 1 unspecified atom stereocenters. The summed E-state index contributed by atoms with van der Waals surface area (Å²) in [5.41, 5.74) is 1.27. The summed E-state index contributed by atoms with van der Waals surface area (Å²) in [6, 6.07) is 8.64. The minimum Gasteiger partial charge on any atom is -0.493 e. The Hall–Kier alpha value is -1.05. The molecule has 1 saturated carbocycles. The molecule has 2 rings (SSSR count). The molecule has 1 N–H and O–H groups in total. The van der Waals surface area contributed by atoms with Crippen molar-refractivity contribution in [1.29, 1.82) is 5.26 Å². The smallest absolute Gasteiger partial charge is 0.124 e. The summed E-state index contributed by atoms with van der Waals surface area (Å²) in [5, 5.41) is 12.3. The molecule has 0 amide bonds. The molecule has 0 saturated heterocycles. The van der Waals surface area contributed by atoms with Gasteiger partial charge in [0.1, 0.15) is 5.75 Å². The Morgan fingerprint density at radius 3 is 2.85 bits per heavy atom. The standard InChI is InChI=1S/C16H21BrN2O/c1-3-19-12(2)14-10-13(17)4-5-15(14)20-11-16(6-7-16)8-9-18/h4-5,10,12,19H,3,6-8,11H2,1-2H3. The first-order valence-electron chi connectivity index (χ1n) is 7.13. The van der Waals surface area contributed by atoms with Crippen molar-refractivity contribution >= 4 is 15.9 Å². The van der Waals surface area contributed by atoms with Crippen LogP contribution < -0.4 is 10.1 Å². The third-order valence-electron chi connectivity index (χ3n) is 3.89. The van der Waals surface area contributed by atoms with Crippen molar-refractivity contribution in [2.45, 2.75) is 39.2 Å². The number of ether oxygens (including phenoxy) is 1. The summed E-state index contributed by atoms with van der Waals surface area (Å²) in [4.78, 5) is 0. The number of hydrogen-bond donors (Lipinski definition) is 1. The minimum absolute atomic E-state index is 0.112. The number of benzene rings is 1. The van der Waals surface area contributed by atoms with E-state index in [1.54, 1.807) is 0 Å². The first-order chi connectivity index (χ1) is 9.60. The molecule has 0 aromatic heterocycles. The first kappa shape index (κ1) is 15.3. The van der Waals surface area contributed by atoms with Crippen LogP contribution in [0.2, 0.25) is 0 Å². The summed E-state index contributed by atoms with van der Waals surface area (Å²) in [6.45, 7) is 5.81. The summed E-state index contributed by atoms with van der Waals surface area (Å²) in [6.07, 6.45) is 2.81. The van der Waals surface area contributed by atoms with Gasteiger partial charge in [0.05, 0.1) is 12.7 Å². The van der Waals surface area contributed by atoms with Gasteiger partial charge in [-0.2, -0.15) is 5.26 Å². The molecule has 1 aromatic carbocycles. The summed E-state index contributed by atoms with van der Waals surface area (Å²) >= 11 is 3.52. The zero-order valence-corrected chi connectivity index (χ0v) is 13.7. The molecule has 1 atom stereocenters. The van der Waals surface area contributed by atoms with Crippen LogP contribution in [-0.4, -0.2) is 13.2 Å². The maximum Gasteiger partial charge on any atom is 0.124 e. The average Bonchev–Trinajstić information content (AvgIpc) is 3.18. The van der Waals surface area contributed by atoms with Crippen molar-refractivity contribution in [1.82, 2.24) is 5.32 Å². The van der Waals surface area contributed by atoms with Crippen LogP contribution in [0.1, 0.15) is 44.7 Å². The van der Waals surface area contributed by atoms with Gasteiger partial charge in [-0.15, -0.1) is 0 Å². The fourth-order valence-electron chi connectivity index (χ4n) is 2.35. The zero-order valence-electron chi connectivity index (χ0n) is 12.1. The van der Waals surface area contributed by atoms with Crippen LogP contribution in [0.15, 0.2) is 22.7 Å². The van der Waals surface area contributed by atoms with Gasteiger partial charge in [-0.3, -0.25) is 0 Å². The molecular weight excluding hydrogens is 316 g/mol. The SMILES string of the molecule is CCNC(C)c1cc(Br)ccc1OCC1(CC#N)CC1. The van der Waals surface area contributed by atoms with Gasteiger partial charge in [-0.25, -0.2) is 0 Å². The Kier molecular flexibility index (Phi) is 5.06. The maximum absolute atomic E-state index is 8.87. The summed E-state index contributed by atoms with van der Waals surface area (Å²) < 4.78 is 7.09. The number of nitrogens with one attached hydrogen (secondary N) is 1. The van der Waals surface area contributed by atoms with E-state index < -0.39 is 0 Å². The van der Waals surface area contributed by atoms with Crippen molar-refractivity contribution in [3.8, 4) is 11.8 Å². The predicted molar refractivity (Wildman–Crippen MR) is 83.6 cm³/mol. The maximum atomic E-state index is 8.87. The quantitative estimate of drug-likeness (QED) is 0.811. The second-order valence-electron chi connectivity index (χ2n) is 5.59. The average molecular weight is 337 g/mol. The third-order valence-corrected chi connectivity index (χ3v) is 4.39. The molecule has 1 aliphatic rings. The summed E-state index contributed by atoms with van der Waals surface area (Å²) in [5.74, 6) is 0.922. The van der Waals surface area contributed by atoms with E-state index in [4.69, 9.17) is 10.00 Å². The minimum atomic E-state index is 0.112. The van der Waals surface area contributed by atoms with Crippen LogP contribution in [0.25, 0.3) is 0 Å². The largest absolute Gasteiger partial charge is 0.493 e. The lowest BCUT2D eigenvalue weighted by Gasteiger charge is -2.20. The van der Waals surface area contributed by atoms with Gasteiger partial charge in [-0.1, -0.05) is 22.9 Å². The van der Waals surface area contributed by atoms with Crippen molar-refractivity contribution < 1.29 is 4.74 Å². The molecule has 108 valence electrons. The zero-order chi connectivity index (χ0) is 14.6. The number of rotatable bonds is 7. The monoisotopic (exact) mass is 336 g/mol. The fourth-order valence-corrected chi connectivity index (χ4v) is 2.73. The molecular formula is C16H21BrN2O. The number of nitriles is 1. The highest BCUT2D eigenvalue weighted by Gasteiger charge is 2.43. The molecule has 0 aliphatic heterocycles. The van der Waals surface area contributed by atoms with Gasteiger partial charge >= 0.3 is 0 Å². The Bertz CT molecular complexity index is 506. The lowest BCUT2D eigenvalue weighted by molar-refractivity contribution is 0.233. The van der Waals surface area contributed by atoms with Crippen LogP contribution in [-0.2, 0) is 0 Å². The lowest BCUT2D eigenvalue weighted by atomic mass is 10.0. The van der Waals surface area contributed by atoms with Crippen LogP contribution in [0.4, 0.5) is 0 Å². The molecule has 0 radical (unpaired) electrons. The van der Waals surface area contributed by atoms with Gasteiger partial charge < -0.3 is 10.1 Å². The van der Waals surface area contributed by atoms with Crippen LogP contribution in [0.5, 0.6) is 5.75 Å². The second kappa shape index (κ2) is 6.60. The van der Waals surface area contributed by atoms with E-state index in [9.17, 15) is 0 Å². The van der Waals surface area contributed by atoms with Gasteiger partial charge in [0.25, 0.3) is 0 Å². The van der Waals surface area contributed by atoms with Gasteiger partial charge in [0, 0.05) is 27.9 Å². The van der Waals surface area contributed by atoms with Crippen LogP contribution >= 0.6 is 15.9 Å². The van der Waals surface area contributed by atoms with E-state index in [0.717, 1.165) is 35.2 Å². The number of halogens is 1. The first-order valence-corrected chi connectivity index (χ1v) is 7.92. The van der Waals surface area contributed by atoms with Crippen molar-refractivity contribution in [3.05, 3.63) is 28.2 Å². The Labute approximate surface area is 129 Å². The molecule has 1 aromatic rings. The fraction of sp³-hybridized carbons (Fsp3) is 0.562. The van der Waals surface area contributed by atoms with Gasteiger partial charge in [0.15, 0.2) is 0 Å². The van der Waals surface area contributed by atoms with Crippen molar-refractivity contribution in [3.63, 3.8) is 0 Å². The third kappa shape index (κ3) is 3.74. The molecule has 3 nitrogen and oxygen atoms in total. The van der Waals surface area contributed by atoms with E-state index in [1.807, 2.05) is 12.1 Å². The number of hydrogen-bond acceptors (Lipinski definition) is 3. The lowest BCUT2D eigenvalue weighted by Crippen LogP contribution is -2.20.